The number of alkyl halides is 3. The van der Waals surface area contributed by atoms with Gasteiger partial charge in [0.2, 0.25) is 5.91 Å². The Labute approximate surface area is 179 Å². The number of aryl methyl sites for hydroxylation is 1. The maximum absolute atomic E-state index is 13.2. The summed E-state index contributed by atoms with van der Waals surface area (Å²) in [6, 6.07) is 4.21. The van der Waals surface area contributed by atoms with Gasteiger partial charge in [-0.25, -0.2) is 0 Å². The molecule has 0 heterocycles. The molecule has 10 heteroatoms. The number of imide groups is 1. The van der Waals surface area contributed by atoms with Gasteiger partial charge in [-0.1, -0.05) is 38.1 Å². The molecule has 156 valence electrons. The predicted molar refractivity (Wildman–Crippen MR) is 93.6 cm³/mol. The molecule has 6 nitrogen and oxygen atoms in total. The average Bonchev–Trinajstić information content (AvgIpc) is 2.53. The zero-order valence-electron chi connectivity index (χ0n) is 17.2. The van der Waals surface area contributed by atoms with Crippen LogP contribution < -0.4 is 29.7 Å². The van der Waals surface area contributed by atoms with E-state index in [4.69, 9.17) is 5.73 Å². The number of nitrogens with zero attached hydrogens (tertiary/aromatic N) is 1. The van der Waals surface area contributed by atoms with Crippen LogP contribution in [0.15, 0.2) is 24.3 Å². The summed E-state index contributed by atoms with van der Waals surface area (Å²) in [7, 11) is 0. The Morgan fingerprint density at radius 3 is 2.07 bits per heavy atom. The molecule has 0 radical (unpaired) electrons. The third-order valence-corrected chi connectivity index (χ3v) is 4.26. The molecule has 0 fully saturated rings. The quantitative estimate of drug-likeness (QED) is 0.544. The van der Waals surface area contributed by atoms with E-state index in [1.807, 2.05) is 0 Å². The second-order valence-electron chi connectivity index (χ2n) is 7.46. The molecule has 0 bridgehead atoms. The van der Waals surface area contributed by atoms with Gasteiger partial charge in [-0.05, 0) is 43.7 Å². The normalized spacial score (nSPS) is 14.5. The van der Waals surface area contributed by atoms with Crippen LogP contribution in [0.3, 0.4) is 0 Å². The van der Waals surface area contributed by atoms with Gasteiger partial charge in [-0.3, -0.25) is 14.5 Å². The van der Waals surface area contributed by atoms with Crippen molar-refractivity contribution in [3.05, 3.63) is 35.4 Å². The Hall–Kier alpha value is -1.82. The fraction of sp³-hybridized carbons (Fsp3) is 0.526. The van der Waals surface area contributed by atoms with Crippen molar-refractivity contribution in [2.45, 2.75) is 58.3 Å². The van der Waals surface area contributed by atoms with E-state index in [0.717, 1.165) is 0 Å². The molecule has 2 atom stereocenters. The van der Waals surface area contributed by atoms with Gasteiger partial charge in [-0.2, -0.15) is 13.2 Å². The first kappa shape index (κ1) is 27.2. The van der Waals surface area contributed by atoms with Crippen molar-refractivity contribution in [1.82, 2.24) is 4.90 Å². The zero-order valence-corrected chi connectivity index (χ0v) is 17.2. The van der Waals surface area contributed by atoms with E-state index in [2.05, 4.69) is 0 Å². The Morgan fingerprint density at radius 1 is 1.14 bits per heavy atom. The first-order valence-electron chi connectivity index (χ1n) is 8.67. The second-order valence-corrected chi connectivity index (χ2v) is 7.46. The predicted octanol–water partition coefficient (Wildman–Crippen LogP) is -1.66. The number of nitrogens with two attached hydrogens (primary N) is 1. The molecule has 2 amide bonds. The fourth-order valence-corrected chi connectivity index (χ4v) is 3.05. The molecule has 0 spiro atoms. The number of hydrogen-bond acceptors (Lipinski definition) is 5. The van der Waals surface area contributed by atoms with Crippen LogP contribution in [0.2, 0.25) is 0 Å². The SMILES string of the molecule is Cc1ccccc1C[C@@H](C(=O)[O-])N(C(=O)C(F)(F)F)C(=O)[C@@](C)(N)CC(C)C.[Li+]. The summed E-state index contributed by atoms with van der Waals surface area (Å²) in [4.78, 5) is 36.2. The Bertz CT molecular complexity index is 751. The van der Waals surface area contributed by atoms with Gasteiger partial charge in [0.1, 0.15) is 0 Å². The molecule has 1 aromatic rings. The summed E-state index contributed by atoms with van der Waals surface area (Å²) in [6.07, 6.45) is -6.03. The van der Waals surface area contributed by atoms with Crippen LogP contribution in [0.25, 0.3) is 0 Å². The Balaban J connectivity index is 0.00000784. The minimum absolute atomic E-state index is 0. The van der Waals surface area contributed by atoms with Gasteiger partial charge in [0.05, 0.1) is 17.6 Å². The van der Waals surface area contributed by atoms with Crippen LogP contribution >= 0.6 is 0 Å². The molecular weight excluding hydrogens is 384 g/mol. The fourth-order valence-electron chi connectivity index (χ4n) is 3.05. The maximum atomic E-state index is 13.2. The molecule has 0 aliphatic rings. The second kappa shape index (κ2) is 10.3. The van der Waals surface area contributed by atoms with E-state index in [1.165, 1.54) is 13.0 Å². The Morgan fingerprint density at radius 2 is 1.66 bits per heavy atom. The van der Waals surface area contributed by atoms with Crippen LogP contribution in [0.5, 0.6) is 0 Å². The van der Waals surface area contributed by atoms with Crippen LogP contribution in [-0.2, 0) is 20.8 Å². The topological polar surface area (TPSA) is 104 Å². The maximum Gasteiger partial charge on any atom is 1.00 e. The van der Waals surface area contributed by atoms with Crippen molar-refractivity contribution in [1.29, 1.82) is 0 Å². The van der Waals surface area contributed by atoms with Gasteiger partial charge in [0.25, 0.3) is 0 Å². The average molecular weight is 408 g/mol. The van der Waals surface area contributed by atoms with Crippen molar-refractivity contribution in [3.63, 3.8) is 0 Å². The summed E-state index contributed by atoms with van der Waals surface area (Å²) in [5.41, 5.74) is 4.98. The molecule has 0 aliphatic carbocycles. The number of rotatable bonds is 7. The molecule has 0 unspecified atom stereocenters. The molecule has 29 heavy (non-hydrogen) atoms. The molecule has 0 saturated carbocycles. The largest absolute Gasteiger partial charge is 1.00 e. The number of carboxylic acids is 1. The van der Waals surface area contributed by atoms with E-state index in [0.29, 0.717) is 11.1 Å². The van der Waals surface area contributed by atoms with Crippen molar-refractivity contribution >= 4 is 17.8 Å². The summed E-state index contributed by atoms with van der Waals surface area (Å²) < 4.78 is 39.5. The van der Waals surface area contributed by atoms with E-state index in [9.17, 15) is 32.7 Å². The number of carbonyl (C=O) groups excluding carboxylic acids is 3. The van der Waals surface area contributed by atoms with Crippen molar-refractivity contribution in [3.8, 4) is 0 Å². The van der Waals surface area contributed by atoms with Crippen LogP contribution in [0.4, 0.5) is 13.2 Å². The van der Waals surface area contributed by atoms with Crippen LogP contribution in [-0.4, -0.2) is 40.4 Å². The summed E-state index contributed by atoms with van der Waals surface area (Å²) >= 11 is 0. The van der Waals surface area contributed by atoms with Crippen LogP contribution in [0.1, 0.15) is 38.3 Å². The van der Waals surface area contributed by atoms with Gasteiger partial charge < -0.3 is 15.6 Å². The van der Waals surface area contributed by atoms with Gasteiger partial charge >= 0.3 is 30.9 Å². The van der Waals surface area contributed by atoms with Gasteiger partial charge in [0, 0.05) is 0 Å². The standard InChI is InChI=1S/C19H25F3N2O4.Li/c1-11(2)10-18(4,23)16(27)24(17(28)19(20,21)22)14(15(25)26)9-13-8-6-5-7-12(13)3;/h5-8,11,14H,9-10,23H2,1-4H3,(H,25,26);/q;+1/p-1/t14-,18-;/m0./s1. The number of carbonyl (C=O) groups is 3. The Kier molecular flexibility index (Phi) is 9.63. The number of benzene rings is 1. The smallest absolute Gasteiger partial charge is 0.548 e. The van der Waals surface area contributed by atoms with Crippen molar-refractivity contribution in [2.24, 2.45) is 11.7 Å². The minimum Gasteiger partial charge on any atom is -0.548 e. The number of aliphatic carboxylic acids is 1. The van der Waals surface area contributed by atoms with E-state index in [1.54, 1.807) is 39.0 Å². The third-order valence-electron chi connectivity index (χ3n) is 4.26. The molecule has 1 rings (SSSR count). The van der Waals surface area contributed by atoms with Gasteiger partial charge in [-0.15, -0.1) is 0 Å². The van der Waals surface area contributed by atoms with Crippen molar-refractivity contribution in [2.75, 3.05) is 0 Å². The first-order valence-corrected chi connectivity index (χ1v) is 8.67. The molecule has 2 N–H and O–H groups in total. The molecule has 0 saturated heterocycles. The van der Waals surface area contributed by atoms with E-state index in [-0.39, 0.29) is 36.1 Å². The number of carboxylic acid groups (broad SMARTS) is 1. The minimum atomic E-state index is -5.46. The zero-order chi connectivity index (χ0) is 21.9. The summed E-state index contributed by atoms with van der Waals surface area (Å²) in [5.74, 6) is -6.15. The van der Waals surface area contributed by atoms with Crippen LogP contribution in [0, 0.1) is 12.8 Å². The molecule has 0 aliphatic heterocycles. The number of halogens is 3. The molecule has 0 aromatic heterocycles. The van der Waals surface area contributed by atoms with E-state index < -0.39 is 42.0 Å². The summed E-state index contributed by atoms with van der Waals surface area (Å²) in [5, 5.41) is 11.7. The van der Waals surface area contributed by atoms with E-state index >= 15 is 0 Å². The molecular formula is C19H24F3LiN2O4. The van der Waals surface area contributed by atoms with Crippen molar-refractivity contribution < 1.29 is 51.5 Å². The summed E-state index contributed by atoms with van der Waals surface area (Å²) in [6.45, 7) is 6.19. The first-order chi connectivity index (χ1) is 12.7. The number of hydrogen-bond donors (Lipinski definition) is 1. The monoisotopic (exact) mass is 408 g/mol. The third kappa shape index (κ3) is 7.18. The number of amides is 2. The molecule has 1 aromatic carbocycles. The van der Waals surface area contributed by atoms with Gasteiger partial charge in [0.15, 0.2) is 0 Å².